The van der Waals surface area contributed by atoms with E-state index in [1.165, 1.54) is 5.56 Å². The Balaban J connectivity index is 2.15. The SMILES string of the molecule is Cc1nc(C)c(C(OC(C)(C)C)C(=O)O)c(N2CCC(C)(C)CC2)c1C1CC1. The average molecular weight is 389 g/mol. The molecule has 1 N–H and O–H groups in total. The first-order valence-electron chi connectivity index (χ1n) is 10.6. The van der Waals surface area contributed by atoms with E-state index < -0.39 is 17.7 Å². The topological polar surface area (TPSA) is 62.7 Å². The van der Waals surface area contributed by atoms with Crippen LogP contribution in [0.4, 0.5) is 5.69 Å². The molecule has 1 aromatic heterocycles. The van der Waals surface area contributed by atoms with E-state index in [2.05, 4.69) is 25.7 Å². The summed E-state index contributed by atoms with van der Waals surface area (Å²) in [6.45, 7) is 16.3. The molecule has 5 nitrogen and oxygen atoms in total. The monoisotopic (exact) mass is 388 g/mol. The van der Waals surface area contributed by atoms with Gasteiger partial charge < -0.3 is 14.7 Å². The van der Waals surface area contributed by atoms with Crippen LogP contribution in [0.3, 0.4) is 0 Å². The summed E-state index contributed by atoms with van der Waals surface area (Å²) < 4.78 is 6.07. The number of ether oxygens (including phenoxy) is 1. The highest BCUT2D eigenvalue weighted by Crippen LogP contribution is 2.50. The van der Waals surface area contributed by atoms with Crippen LogP contribution in [0.5, 0.6) is 0 Å². The van der Waals surface area contributed by atoms with Gasteiger partial charge in [-0.2, -0.15) is 0 Å². The molecule has 2 heterocycles. The molecule has 156 valence electrons. The van der Waals surface area contributed by atoms with Crippen molar-refractivity contribution in [1.29, 1.82) is 0 Å². The third-order valence-corrected chi connectivity index (χ3v) is 6.00. The van der Waals surface area contributed by atoms with Crippen molar-refractivity contribution in [3.05, 3.63) is 22.5 Å². The maximum absolute atomic E-state index is 12.3. The number of carbonyl (C=O) groups is 1. The summed E-state index contributed by atoms with van der Waals surface area (Å²) in [5.74, 6) is -0.440. The van der Waals surface area contributed by atoms with Crippen molar-refractivity contribution in [3.63, 3.8) is 0 Å². The van der Waals surface area contributed by atoms with Gasteiger partial charge in [0.15, 0.2) is 6.10 Å². The van der Waals surface area contributed by atoms with Gasteiger partial charge in [-0.1, -0.05) is 13.8 Å². The molecule has 2 fully saturated rings. The number of anilines is 1. The molecule has 1 saturated carbocycles. The standard InChI is InChI=1S/C23H36N2O3/c1-14-17(16-8-9-16)19(25-12-10-23(6,7)11-13-25)18(15(2)24-14)20(21(26)27)28-22(3,4)5/h16,20H,8-13H2,1-7H3,(H,26,27). The first-order chi connectivity index (χ1) is 12.9. The summed E-state index contributed by atoms with van der Waals surface area (Å²) >= 11 is 0. The molecule has 2 aliphatic rings. The minimum absolute atomic E-state index is 0.335. The van der Waals surface area contributed by atoms with Crippen LogP contribution in [-0.2, 0) is 9.53 Å². The molecule has 5 heteroatoms. The molecule has 1 unspecified atom stereocenters. The van der Waals surface area contributed by atoms with Gasteiger partial charge in [-0.3, -0.25) is 4.98 Å². The number of rotatable bonds is 5. The second-order valence-corrected chi connectivity index (χ2v) is 10.3. The Bertz CT molecular complexity index is 750. The van der Waals surface area contributed by atoms with E-state index in [0.29, 0.717) is 11.3 Å². The number of piperidine rings is 1. The lowest BCUT2D eigenvalue weighted by atomic mass is 9.82. The smallest absolute Gasteiger partial charge is 0.337 e. The number of carboxylic acid groups (broad SMARTS) is 1. The van der Waals surface area contributed by atoms with Crippen molar-refractivity contribution in [1.82, 2.24) is 4.98 Å². The fourth-order valence-electron chi connectivity index (χ4n) is 4.30. The Morgan fingerprint density at radius 2 is 1.75 bits per heavy atom. The van der Waals surface area contributed by atoms with E-state index in [1.54, 1.807) is 0 Å². The average Bonchev–Trinajstić information content (AvgIpc) is 3.36. The minimum atomic E-state index is -1.00. The molecule has 3 rings (SSSR count). The molecule has 0 bridgehead atoms. The lowest BCUT2D eigenvalue weighted by Gasteiger charge is -2.41. The number of aliphatic carboxylic acids is 1. The number of carboxylic acids is 1. The Morgan fingerprint density at radius 1 is 1.18 bits per heavy atom. The molecule has 0 spiro atoms. The van der Waals surface area contributed by atoms with Crippen LogP contribution in [0.25, 0.3) is 0 Å². The Labute approximate surface area is 169 Å². The van der Waals surface area contributed by atoms with Gasteiger partial charge in [0, 0.05) is 35.6 Å². The highest BCUT2D eigenvalue weighted by molar-refractivity contribution is 5.80. The normalized spacial score (nSPS) is 20.9. The minimum Gasteiger partial charge on any atom is -0.479 e. The Hall–Kier alpha value is -1.62. The van der Waals surface area contributed by atoms with Gasteiger partial charge in [-0.05, 0) is 71.6 Å². The first-order valence-corrected chi connectivity index (χ1v) is 10.6. The van der Waals surface area contributed by atoms with Crippen LogP contribution in [0.2, 0.25) is 0 Å². The zero-order valence-electron chi connectivity index (χ0n) is 18.6. The number of hydrogen-bond acceptors (Lipinski definition) is 4. The Morgan fingerprint density at radius 3 is 2.21 bits per heavy atom. The van der Waals surface area contributed by atoms with Crippen LogP contribution in [0, 0.1) is 19.3 Å². The molecule has 1 aliphatic carbocycles. The summed E-state index contributed by atoms with van der Waals surface area (Å²) in [6.07, 6.45) is 3.53. The van der Waals surface area contributed by atoms with Crippen LogP contribution in [0.15, 0.2) is 0 Å². The fourth-order valence-corrected chi connectivity index (χ4v) is 4.30. The molecule has 1 aliphatic heterocycles. The molecule has 1 saturated heterocycles. The highest BCUT2D eigenvalue weighted by atomic mass is 16.5. The third kappa shape index (κ3) is 4.51. The lowest BCUT2D eigenvalue weighted by Crippen LogP contribution is -2.39. The van der Waals surface area contributed by atoms with Crippen LogP contribution in [0.1, 0.15) is 94.8 Å². The summed E-state index contributed by atoms with van der Waals surface area (Å²) in [4.78, 5) is 19.5. The highest BCUT2D eigenvalue weighted by Gasteiger charge is 2.39. The van der Waals surface area contributed by atoms with Crippen molar-refractivity contribution < 1.29 is 14.6 Å². The first kappa shape index (κ1) is 21.1. The lowest BCUT2D eigenvalue weighted by molar-refractivity contribution is -0.160. The summed E-state index contributed by atoms with van der Waals surface area (Å²) in [6, 6.07) is 0. The third-order valence-electron chi connectivity index (χ3n) is 6.00. The zero-order valence-corrected chi connectivity index (χ0v) is 18.6. The van der Waals surface area contributed by atoms with Crippen LogP contribution >= 0.6 is 0 Å². The van der Waals surface area contributed by atoms with Gasteiger partial charge >= 0.3 is 5.97 Å². The number of hydrogen-bond donors (Lipinski definition) is 1. The summed E-state index contributed by atoms with van der Waals surface area (Å²) in [5.41, 5.74) is 4.71. The zero-order chi connectivity index (χ0) is 20.9. The van der Waals surface area contributed by atoms with E-state index in [4.69, 9.17) is 9.72 Å². The molecular formula is C23H36N2O3. The second kappa shape index (κ2) is 7.33. The molecule has 1 aromatic rings. The molecule has 1 atom stereocenters. The summed E-state index contributed by atoms with van der Waals surface area (Å²) in [5, 5.41) is 10.1. The fraction of sp³-hybridized carbons (Fsp3) is 0.739. The molecule has 28 heavy (non-hydrogen) atoms. The number of nitrogens with zero attached hydrogens (tertiary/aromatic N) is 2. The van der Waals surface area contributed by atoms with E-state index in [-0.39, 0.29) is 0 Å². The Kier molecular flexibility index (Phi) is 5.52. The predicted molar refractivity (Wildman–Crippen MR) is 112 cm³/mol. The molecule has 0 aromatic carbocycles. The largest absolute Gasteiger partial charge is 0.479 e. The van der Waals surface area contributed by atoms with E-state index in [9.17, 15) is 9.90 Å². The number of aromatic nitrogens is 1. The van der Waals surface area contributed by atoms with Gasteiger partial charge in [0.05, 0.1) is 11.3 Å². The molecule has 0 amide bonds. The van der Waals surface area contributed by atoms with Crippen molar-refractivity contribution in [2.24, 2.45) is 5.41 Å². The maximum atomic E-state index is 12.3. The van der Waals surface area contributed by atoms with E-state index in [0.717, 1.165) is 61.4 Å². The van der Waals surface area contributed by atoms with Crippen LogP contribution in [-0.4, -0.2) is 34.8 Å². The number of aryl methyl sites for hydroxylation is 2. The van der Waals surface area contributed by atoms with Crippen molar-refractivity contribution in [2.45, 2.75) is 91.8 Å². The van der Waals surface area contributed by atoms with Gasteiger partial charge in [0.2, 0.25) is 0 Å². The van der Waals surface area contributed by atoms with Gasteiger partial charge in [-0.15, -0.1) is 0 Å². The number of pyridine rings is 1. The predicted octanol–water partition coefficient (Wildman–Crippen LogP) is 5.14. The van der Waals surface area contributed by atoms with E-state index in [1.807, 2.05) is 27.7 Å². The van der Waals surface area contributed by atoms with Crippen LogP contribution < -0.4 is 4.90 Å². The molecule has 0 radical (unpaired) electrons. The quantitative estimate of drug-likeness (QED) is 0.756. The maximum Gasteiger partial charge on any atom is 0.337 e. The second-order valence-electron chi connectivity index (χ2n) is 10.3. The van der Waals surface area contributed by atoms with E-state index >= 15 is 0 Å². The van der Waals surface area contributed by atoms with Gasteiger partial charge in [0.1, 0.15) is 0 Å². The van der Waals surface area contributed by atoms with Crippen molar-refractivity contribution in [2.75, 3.05) is 18.0 Å². The van der Waals surface area contributed by atoms with Crippen molar-refractivity contribution >= 4 is 11.7 Å². The van der Waals surface area contributed by atoms with Gasteiger partial charge in [0.25, 0.3) is 0 Å². The van der Waals surface area contributed by atoms with Crippen molar-refractivity contribution in [3.8, 4) is 0 Å². The summed E-state index contributed by atoms with van der Waals surface area (Å²) in [7, 11) is 0. The molecular weight excluding hydrogens is 352 g/mol. The van der Waals surface area contributed by atoms with Gasteiger partial charge in [-0.25, -0.2) is 4.79 Å².